The number of anilines is 2. The predicted molar refractivity (Wildman–Crippen MR) is 106 cm³/mol. The van der Waals surface area contributed by atoms with Gasteiger partial charge in [-0.25, -0.2) is 9.97 Å². The number of amidine groups is 1. The SMILES string of the molecule is CC1(N)CCN(c2cnc3c(n2)CN=C3N2CCCc3ccncc32)CC1. The monoisotopic (exact) mass is 363 g/mol. The maximum absolute atomic E-state index is 6.26. The van der Waals surface area contributed by atoms with Crippen molar-refractivity contribution in [3.05, 3.63) is 41.6 Å². The summed E-state index contributed by atoms with van der Waals surface area (Å²) in [5.74, 6) is 1.88. The largest absolute Gasteiger partial charge is 0.355 e. The summed E-state index contributed by atoms with van der Waals surface area (Å²) in [6, 6.07) is 2.11. The third-order valence-electron chi connectivity index (χ3n) is 5.91. The maximum Gasteiger partial charge on any atom is 0.156 e. The summed E-state index contributed by atoms with van der Waals surface area (Å²) in [5, 5.41) is 0. The minimum atomic E-state index is -0.0629. The molecule has 0 aromatic carbocycles. The molecule has 27 heavy (non-hydrogen) atoms. The molecule has 2 aromatic rings. The highest BCUT2D eigenvalue weighted by Gasteiger charge is 2.30. The van der Waals surface area contributed by atoms with Crippen LogP contribution in [-0.4, -0.2) is 46.0 Å². The molecule has 2 aromatic heterocycles. The van der Waals surface area contributed by atoms with Gasteiger partial charge in [0.1, 0.15) is 11.5 Å². The van der Waals surface area contributed by atoms with E-state index in [1.54, 1.807) is 0 Å². The van der Waals surface area contributed by atoms with Gasteiger partial charge >= 0.3 is 0 Å². The molecule has 1 saturated heterocycles. The van der Waals surface area contributed by atoms with E-state index in [1.807, 2.05) is 18.6 Å². The van der Waals surface area contributed by atoms with Crippen LogP contribution < -0.4 is 15.5 Å². The molecule has 0 atom stereocenters. The topological polar surface area (TPSA) is 83.5 Å². The number of hydrogen-bond donors (Lipinski definition) is 1. The molecule has 3 aliphatic heterocycles. The van der Waals surface area contributed by atoms with Crippen LogP contribution in [0.15, 0.2) is 29.6 Å². The van der Waals surface area contributed by atoms with Crippen molar-refractivity contribution in [2.45, 2.75) is 44.7 Å². The summed E-state index contributed by atoms with van der Waals surface area (Å²) in [6.07, 6.45) is 9.86. The molecule has 0 aliphatic carbocycles. The van der Waals surface area contributed by atoms with Crippen LogP contribution in [0.1, 0.15) is 43.1 Å². The van der Waals surface area contributed by atoms with E-state index >= 15 is 0 Å². The number of fused-ring (bicyclic) bond motifs is 2. The molecule has 5 rings (SSSR count). The number of rotatable bonds is 1. The lowest BCUT2D eigenvalue weighted by molar-refractivity contribution is 0.363. The molecule has 1 fully saturated rings. The Bertz CT molecular complexity index is 895. The third kappa shape index (κ3) is 2.96. The van der Waals surface area contributed by atoms with E-state index in [9.17, 15) is 0 Å². The fraction of sp³-hybridized carbons (Fsp3) is 0.500. The van der Waals surface area contributed by atoms with Gasteiger partial charge in [-0.15, -0.1) is 0 Å². The summed E-state index contributed by atoms with van der Waals surface area (Å²) < 4.78 is 0. The van der Waals surface area contributed by atoms with Crippen molar-refractivity contribution >= 4 is 17.3 Å². The van der Waals surface area contributed by atoms with Crippen LogP contribution in [0.25, 0.3) is 0 Å². The highest BCUT2D eigenvalue weighted by Crippen LogP contribution is 2.31. The zero-order chi connectivity index (χ0) is 18.4. The van der Waals surface area contributed by atoms with Gasteiger partial charge < -0.3 is 15.5 Å². The lowest BCUT2D eigenvalue weighted by Gasteiger charge is -2.37. The highest BCUT2D eigenvalue weighted by atomic mass is 15.3. The number of aromatic nitrogens is 3. The van der Waals surface area contributed by atoms with Gasteiger partial charge in [-0.3, -0.25) is 9.98 Å². The van der Waals surface area contributed by atoms with Gasteiger partial charge in [0, 0.05) is 31.4 Å². The summed E-state index contributed by atoms with van der Waals surface area (Å²) in [6.45, 7) is 5.53. The van der Waals surface area contributed by atoms with Gasteiger partial charge in [-0.2, -0.15) is 0 Å². The van der Waals surface area contributed by atoms with E-state index in [0.717, 1.165) is 74.0 Å². The minimum Gasteiger partial charge on any atom is -0.355 e. The number of aryl methyl sites for hydroxylation is 1. The molecule has 0 saturated carbocycles. The first-order chi connectivity index (χ1) is 13.1. The number of aliphatic imine (C=N–C) groups is 1. The molecule has 0 bridgehead atoms. The summed E-state index contributed by atoms with van der Waals surface area (Å²) in [4.78, 5) is 23.3. The normalized spacial score (nSPS) is 20.9. The smallest absolute Gasteiger partial charge is 0.156 e. The Balaban J connectivity index is 1.41. The van der Waals surface area contributed by atoms with Gasteiger partial charge in [-0.05, 0) is 44.2 Å². The van der Waals surface area contributed by atoms with Crippen molar-refractivity contribution in [1.29, 1.82) is 0 Å². The quantitative estimate of drug-likeness (QED) is 0.833. The Morgan fingerprint density at radius 3 is 2.85 bits per heavy atom. The van der Waals surface area contributed by atoms with Crippen LogP contribution in [0.5, 0.6) is 0 Å². The predicted octanol–water partition coefficient (Wildman–Crippen LogP) is 1.90. The first-order valence-electron chi connectivity index (χ1n) is 9.76. The van der Waals surface area contributed by atoms with E-state index < -0.39 is 0 Å². The molecule has 0 amide bonds. The first-order valence-corrected chi connectivity index (χ1v) is 9.76. The summed E-state index contributed by atoms with van der Waals surface area (Å²) >= 11 is 0. The summed E-state index contributed by atoms with van der Waals surface area (Å²) in [7, 11) is 0. The van der Waals surface area contributed by atoms with E-state index in [2.05, 4.69) is 27.8 Å². The second-order valence-electron chi connectivity index (χ2n) is 8.06. The summed E-state index contributed by atoms with van der Waals surface area (Å²) in [5.41, 5.74) is 10.6. The second-order valence-corrected chi connectivity index (χ2v) is 8.06. The van der Waals surface area contributed by atoms with Crippen molar-refractivity contribution < 1.29 is 0 Å². The van der Waals surface area contributed by atoms with Crippen molar-refractivity contribution in [2.24, 2.45) is 10.7 Å². The average Bonchev–Trinajstić information content (AvgIpc) is 3.10. The van der Waals surface area contributed by atoms with Crippen molar-refractivity contribution in [1.82, 2.24) is 15.0 Å². The third-order valence-corrected chi connectivity index (χ3v) is 5.91. The molecule has 140 valence electrons. The first kappa shape index (κ1) is 16.6. The molecule has 0 unspecified atom stereocenters. The van der Waals surface area contributed by atoms with Crippen molar-refractivity contribution in [2.75, 3.05) is 29.4 Å². The van der Waals surface area contributed by atoms with Gasteiger partial charge in [0.05, 0.1) is 30.3 Å². The molecule has 7 heteroatoms. The van der Waals surface area contributed by atoms with Gasteiger partial charge in [0.2, 0.25) is 0 Å². The van der Waals surface area contributed by atoms with E-state index in [1.165, 1.54) is 5.56 Å². The average molecular weight is 363 g/mol. The highest BCUT2D eigenvalue weighted by molar-refractivity contribution is 6.11. The van der Waals surface area contributed by atoms with Crippen molar-refractivity contribution in [3.63, 3.8) is 0 Å². The molecule has 0 spiro atoms. The fourth-order valence-electron chi connectivity index (χ4n) is 4.19. The van der Waals surface area contributed by atoms with Gasteiger partial charge in [0.15, 0.2) is 5.84 Å². The van der Waals surface area contributed by atoms with E-state index in [-0.39, 0.29) is 5.54 Å². The zero-order valence-corrected chi connectivity index (χ0v) is 15.7. The molecular weight excluding hydrogens is 338 g/mol. The van der Waals surface area contributed by atoms with Crippen molar-refractivity contribution in [3.8, 4) is 0 Å². The Labute approximate surface area is 159 Å². The molecule has 0 radical (unpaired) electrons. The Morgan fingerprint density at radius 2 is 2.00 bits per heavy atom. The Morgan fingerprint density at radius 1 is 1.15 bits per heavy atom. The fourth-order valence-corrected chi connectivity index (χ4v) is 4.19. The van der Waals surface area contributed by atoms with E-state index in [4.69, 9.17) is 20.7 Å². The standard InChI is InChI=1S/C20H25N7/c1-20(21)5-9-26(10-6-20)17-13-23-18-15(25-17)11-24-19(18)27-8-2-3-14-4-7-22-12-16(14)27/h4,7,12-13H,2-3,5-6,8-11,21H2,1H3. The molecule has 7 nitrogen and oxygen atoms in total. The van der Waals surface area contributed by atoms with Crippen LogP contribution in [0.4, 0.5) is 11.5 Å². The lowest BCUT2D eigenvalue weighted by atomic mass is 9.91. The number of nitrogens with zero attached hydrogens (tertiary/aromatic N) is 6. The number of piperidine rings is 1. The van der Waals surface area contributed by atoms with Crippen LogP contribution in [0.3, 0.4) is 0 Å². The van der Waals surface area contributed by atoms with Crippen LogP contribution >= 0.6 is 0 Å². The molecular formula is C20H25N7. The number of pyridine rings is 1. The molecule has 5 heterocycles. The lowest BCUT2D eigenvalue weighted by Crippen LogP contribution is -2.48. The number of nitrogens with two attached hydrogens (primary N) is 1. The van der Waals surface area contributed by atoms with Gasteiger partial charge in [0.25, 0.3) is 0 Å². The van der Waals surface area contributed by atoms with Crippen LogP contribution in [0, 0.1) is 0 Å². The Hall–Kier alpha value is -2.54. The minimum absolute atomic E-state index is 0.0629. The molecule has 3 aliphatic rings. The Kier molecular flexibility index (Phi) is 3.86. The molecule has 2 N–H and O–H groups in total. The van der Waals surface area contributed by atoms with Gasteiger partial charge in [-0.1, -0.05) is 0 Å². The zero-order valence-electron chi connectivity index (χ0n) is 15.7. The second kappa shape index (κ2) is 6.27. The van der Waals surface area contributed by atoms with Crippen LogP contribution in [0.2, 0.25) is 0 Å². The maximum atomic E-state index is 6.26. The van der Waals surface area contributed by atoms with Crippen LogP contribution in [-0.2, 0) is 13.0 Å². The number of hydrogen-bond acceptors (Lipinski definition) is 7. The van der Waals surface area contributed by atoms with E-state index in [0.29, 0.717) is 6.54 Å².